The van der Waals surface area contributed by atoms with Crippen molar-refractivity contribution in [2.45, 2.75) is 38.3 Å². The van der Waals surface area contributed by atoms with E-state index in [1.807, 2.05) is 36.5 Å². The van der Waals surface area contributed by atoms with Gasteiger partial charge in [0.15, 0.2) is 0 Å². The molecule has 0 radical (unpaired) electrons. The van der Waals surface area contributed by atoms with Crippen molar-refractivity contribution in [3.8, 4) is 11.3 Å². The molecule has 1 saturated heterocycles. The lowest BCUT2D eigenvalue weighted by Crippen LogP contribution is -2.31. The molecule has 6 nitrogen and oxygen atoms in total. The summed E-state index contributed by atoms with van der Waals surface area (Å²) in [6.07, 6.45) is 6.49. The van der Waals surface area contributed by atoms with Gasteiger partial charge >= 0.3 is 6.09 Å². The maximum atomic E-state index is 13.7. The van der Waals surface area contributed by atoms with Crippen LogP contribution < -0.4 is 5.32 Å². The number of piperidine rings is 1. The van der Waals surface area contributed by atoms with Crippen molar-refractivity contribution in [2.24, 2.45) is 0 Å². The van der Waals surface area contributed by atoms with Gasteiger partial charge in [0.25, 0.3) is 0 Å². The zero-order valence-electron chi connectivity index (χ0n) is 20.6. The Labute approximate surface area is 245 Å². The van der Waals surface area contributed by atoms with Crippen LogP contribution in [0.2, 0.25) is 5.02 Å². The maximum Gasteiger partial charge on any atom is 0.414 e. The Morgan fingerprint density at radius 2 is 1.84 bits per heavy atom. The molecule has 0 atom stereocenters. The number of carbonyl (C=O) groups excluding carboxylic acids is 1. The Morgan fingerprint density at radius 1 is 1.11 bits per heavy atom. The number of halogens is 5. The van der Waals surface area contributed by atoms with Crippen molar-refractivity contribution in [1.82, 2.24) is 19.8 Å². The lowest BCUT2D eigenvalue weighted by Gasteiger charge is -2.25. The number of rotatable bonds is 6. The summed E-state index contributed by atoms with van der Waals surface area (Å²) in [6.45, 7) is 3.23. The molecule has 2 aromatic carbocycles. The third kappa shape index (κ3) is 7.42. The van der Waals surface area contributed by atoms with Crippen molar-refractivity contribution in [3.05, 3.63) is 88.7 Å². The van der Waals surface area contributed by atoms with Gasteiger partial charge < -0.3 is 14.6 Å². The number of allylic oxidation sites excluding steroid dienone is 1. The fraction of sp³-hybridized carbons (Fsp3) is 0.333. The van der Waals surface area contributed by atoms with Gasteiger partial charge in [0.05, 0.1) is 17.3 Å². The summed E-state index contributed by atoms with van der Waals surface area (Å²) in [4.78, 5) is 19.5. The first kappa shape index (κ1) is 31.9. The fourth-order valence-electron chi connectivity index (χ4n) is 4.70. The largest absolute Gasteiger partial charge is 0.444 e. The highest BCUT2D eigenvalue weighted by Crippen LogP contribution is 2.31. The van der Waals surface area contributed by atoms with Crippen LogP contribution >= 0.6 is 48.8 Å². The van der Waals surface area contributed by atoms with Crippen molar-refractivity contribution in [3.63, 3.8) is 0 Å². The molecule has 1 N–H and O–H groups in total. The Balaban J connectivity index is 0.00000169. The normalized spacial score (nSPS) is 15.1. The molecule has 0 bridgehead atoms. The maximum absolute atomic E-state index is 13.7. The van der Waals surface area contributed by atoms with Crippen LogP contribution in [0.15, 0.2) is 66.5 Å². The van der Waals surface area contributed by atoms with Crippen LogP contribution in [-0.4, -0.2) is 40.2 Å². The predicted octanol–water partition coefficient (Wildman–Crippen LogP) is 7.00. The van der Waals surface area contributed by atoms with Crippen molar-refractivity contribution >= 4 is 54.9 Å². The highest BCUT2D eigenvalue weighted by Gasteiger charge is 2.27. The lowest BCUT2D eigenvalue weighted by molar-refractivity contribution is 0.108. The van der Waals surface area contributed by atoms with Crippen LogP contribution in [0.1, 0.15) is 36.6 Å². The topological polar surface area (TPSA) is 59.4 Å². The number of amides is 1. The number of nitrogens with zero attached hydrogens (tertiary/aromatic N) is 3. The minimum Gasteiger partial charge on any atom is -0.444 e. The third-order valence-corrected chi connectivity index (χ3v) is 6.85. The zero-order valence-corrected chi connectivity index (χ0v) is 23.9. The Hall–Kier alpha value is -2.29. The number of hydrogen-bond donors (Lipinski definition) is 1. The van der Waals surface area contributed by atoms with E-state index in [9.17, 15) is 9.18 Å². The van der Waals surface area contributed by atoms with Gasteiger partial charge in [0, 0.05) is 29.9 Å². The molecule has 2 aliphatic rings. The smallest absolute Gasteiger partial charge is 0.414 e. The minimum atomic E-state index is -0.450. The third-order valence-electron chi connectivity index (χ3n) is 6.56. The van der Waals surface area contributed by atoms with Gasteiger partial charge in [-0.1, -0.05) is 48.0 Å². The Morgan fingerprint density at radius 3 is 2.55 bits per heavy atom. The Bertz CT molecular complexity index is 1230. The molecule has 2 aliphatic heterocycles. The van der Waals surface area contributed by atoms with Crippen LogP contribution in [-0.2, 0) is 17.9 Å². The highest BCUT2D eigenvalue weighted by molar-refractivity contribution is 6.31. The van der Waals surface area contributed by atoms with Gasteiger partial charge in [0.1, 0.15) is 18.2 Å². The molecule has 0 unspecified atom stereocenters. The van der Waals surface area contributed by atoms with Gasteiger partial charge in [-0.3, -0.25) is 4.90 Å². The molecular weight excluding hydrogens is 573 g/mol. The quantitative estimate of drug-likeness (QED) is 0.329. The van der Waals surface area contributed by atoms with E-state index < -0.39 is 5.82 Å². The summed E-state index contributed by atoms with van der Waals surface area (Å²) in [5.41, 5.74) is 3.37. The van der Waals surface area contributed by atoms with Crippen molar-refractivity contribution in [2.75, 3.05) is 19.6 Å². The second-order valence-electron chi connectivity index (χ2n) is 8.94. The first-order chi connectivity index (χ1) is 17.1. The average molecular weight is 604 g/mol. The number of aromatic nitrogens is 2. The number of carbonyl (C=O) groups is 1. The molecule has 1 aromatic heterocycles. The van der Waals surface area contributed by atoms with Crippen LogP contribution in [0.25, 0.3) is 11.3 Å². The number of nitrogens with one attached hydrogen (secondary N) is 1. The number of benzene rings is 2. The molecule has 206 valence electrons. The van der Waals surface area contributed by atoms with E-state index in [1.54, 1.807) is 17.0 Å². The van der Waals surface area contributed by atoms with Crippen molar-refractivity contribution < 1.29 is 13.9 Å². The Kier molecular flexibility index (Phi) is 12.4. The van der Waals surface area contributed by atoms with E-state index in [0.29, 0.717) is 19.0 Å². The monoisotopic (exact) mass is 602 g/mol. The molecule has 3 heterocycles. The first-order valence-electron chi connectivity index (χ1n) is 12.0. The molecule has 5 rings (SSSR count). The molecule has 3 aromatic rings. The van der Waals surface area contributed by atoms with Gasteiger partial charge in [-0.15, -0.1) is 37.2 Å². The van der Waals surface area contributed by atoms with Gasteiger partial charge in [-0.2, -0.15) is 0 Å². The second-order valence-corrected chi connectivity index (χ2v) is 9.35. The van der Waals surface area contributed by atoms with Gasteiger partial charge in [0.2, 0.25) is 0 Å². The van der Waals surface area contributed by atoms with Crippen LogP contribution in [0.3, 0.4) is 0 Å². The van der Waals surface area contributed by atoms with E-state index in [-0.39, 0.29) is 54.9 Å². The fourth-order valence-corrected chi connectivity index (χ4v) is 4.88. The average Bonchev–Trinajstić information content (AvgIpc) is 3.53. The lowest BCUT2D eigenvalue weighted by atomic mass is 9.97. The standard InChI is InChI=1S/C27H28ClFN4O2.3ClH/c28-23-15-21(8-9-24(23)29)25-17-32(26(31-25)20-10-12-30-13-11-20)16-22-7-4-14-33(22)27(34)35-18-19-5-2-1-3-6-19;;;/h1-3,5-9,15,17,20,30H,4,10-14,16,18H2;3*1H. The van der Waals surface area contributed by atoms with E-state index >= 15 is 0 Å². The van der Waals surface area contributed by atoms with E-state index in [1.165, 1.54) is 6.07 Å². The summed E-state index contributed by atoms with van der Waals surface area (Å²) in [7, 11) is 0. The van der Waals surface area contributed by atoms with Gasteiger partial charge in [-0.05, 0) is 56.1 Å². The summed E-state index contributed by atoms with van der Waals surface area (Å²) < 4.78 is 21.4. The number of hydrogen-bond acceptors (Lipinski definition) is 4. The number of ether oxygens (including phenoxy) is 1. The van der Waals surface area contributed by atoms with E-state index in [0.717, 1.165) is 60.7 Å². The molecular formula is C27H31Cl4FN4O2. The van der Waals surface area contributed by atoms with Gasteiger partial charge in [-0.25, -0.2) is 14.2 Å². The summed E-state index contributed by atoms with van der Waals surface area (Å²) in [6, 6.07) is 14.3. The highest BCUT2D eigenvalue weighted by atomic mass is 35.5. The summed E-state index contributed by atoms with van der Waals surface area (Å²) in [5, 5.41) is 3.48. The van der Waals surface area contributed by atoms with Crippen LogP contribution in [0.4, 0.5) is 9.18 Å². The second kappa shape index (κ2) is 14.8. The summed E-state index contributed by atoms with van der Waals surface area (Å²) >= 11 is 6.04. The number of imidazole rings is 1. The van der Waals surface area contributed by atoms with E-state index in [2.05, 4.69) is 16.0 Å². The van der Waals surface area contributed by atoms with Crippen LogP contribution in [0.5, 0.6) is 0 Å². The zero-order chi connectivity index (χ0) is 24.2. The van der Waals surface area contributed by atoms with E-state index in [4.69, 9.17) is 21.3 Å². The van der Waals surface area contributed by atoms with Crippen LogP contribution in [0, 0.1) is 5.82 Å². The first-order valence-corrected chi connectivity index (χ1v) is 12.4. The molecule has 11 heteroatoms. The minimum absolute atomic E-state index is 0. The molecule has 0 saturated carbocycles. The molecule has 38 heavy (non-hydrogen) atoms. The molecule has 0 spiro atoms. The SMILES string of the molecule is Cl.Cl.Cl.O=C(OCc1ccccc1)N1CCC=C1Cn1cc(-c2ccc(F)c(Cl)c2)nc1C1CCNCC1. The molecule has 1 amide bonds. The summed E-state index contributed by atoms with van der Waals surface area (Å²) in [5.74, 6) is 0.836. The van der Waals surface area contributed by atoms with Crippen molar-refractivity contribution in [1.29, 1.82) is 0 Å². The molecule has 1 fully saturated rings. The molecule has 0 aliphatic carbocycles. The predicted molar refractivity (Wildman–Crippen MR) is 155 cm³/mol.